The Morgan fingerprint density at radius 2 is 1.78 bits per heavy atom. The van der Waals surface area contributed by atoms with Crippen molar-refractivity contribution >= 4 is 29.1 Å². The maximum atomic E-state index is 12.9. The van der Waals surface area contributed by atoms with Gasteiger partial charge in [0.2, 0.25) is 11.8 Å². The number of thiazole rings is 1. The molecule has 3 heterocycles. The van der Waals surface area contributed by atoms with Gasteiger partial charge < -0.3 is 25.7 Å². The average molecular weight is 525 g/mol. The summed E-state index contributed by atoms with van der Waals surface area (Å²) in [5, 5.41) is 14.3. The fourth-order valence-corrected chi connectivity index (χ4v) is 5.00. The summed E-state index contributed by atoms with van der Waals surface area (Å²) >= 11 is 1.32. The van der Waals surface area contributed by atoms with Crippen molar-refractivity contribution in [1.82, 2.24) is 31.2 Å². The normalized spacial score (nSPS) is 21.5. The zero-order valence-electron chi connectivity index (χ0n) is 21.1. The van der Waals surface area contributed by atoms with E-state index in [4.69, 9.17) is 4.42 Å². The molecule has 3 aromatic rings. The number of carbonyl (C=O) groups is 3. The molecule has 0 radical (unpaired) electrons. The molecule has 1 aliphatic heterocycles. The Kier molecular flexibility index (Phi) is 8.67. The first kappa shape index (κ1) is 26.5. The first-order chi connectivity index (χ1) is 17.8. The van der Waals surface area contributed by atoms with Gasteiger partial charge in [0.25, 0.3) is 11.8 Å². The molecule has 3 amide bonds. The lowest BCUT2D eigenvalue weighted by Crippen LogP contribution is -2.45. The van der Waals surface area contributed by atoms with Gasteiger partial charge >= 0.3 is 0 Å². The number of hydrogen-bond donors (Lipinski definition) is 4. The minimum absolute atomic E-state index is 0.0695. The molecule has 3 atom stereocenters. The number of nitrogens with zero attached hydrogens (tertiary/aromatic N) is 2. The van der Waals surface area contributed by atoms with E-state index in [-0.39, 0.29) is 41.7 Å². The van der Waals surface area contributed by atoms with Crippen LogP contribution in [0.2, 0.25) is 0 Å². The van der Waals surface area contributed by atoms with Gasteiger partial charge in [-0.15, -0.1) is 11.3 Å². The van der Waals surface area contributed by atoms with Gasteiger partial charge in [-0.3, -0.25) is 14.4 Å². The van der Waals surface area contributed by atoms with Crippen LogP contribution in [-0.2, 0) is 11.2 Å². The van der Waals surface area contributed by atoms with Crippen LogP contribution >= 0.6 is 11.3 Å². The molecular weight excluding hydrogens is 492 g/mol. The van der Waals surface area contributed by atoms with E-state index in [0.29, 0.717) is 23.9 Å². The van der Waals surface area contributed by atoms with Gasteiger partial charge in [-0.1, -0.05) is 44.2 Å². The largest absolute Gasteiger partial charge is 0.446 e. The Morgan fingerprint density at radius 3 is 2.54 bits per heavy atom. The quantitative estimate of drug-likeness (QED) is 0.412. The van der Waals surface area contributed by atoms with Gasteiger partial charge in [0.1, 0.15) is 23.0 Å². The highest BCUT2D eigenvalue weighted by atomic mass is 32.1. The van der Waals surface area contributed by atoms with Crippen LogP contribution in [0.15, 0.2) is 46.4 Å². The first-order valence-corrected chi connectivity index (χ1v) is 13.2. The predicted molar refractivity (Wildman–Crippen MR) is 139 cm³/mol. The van der Waals surface area contributed by atoms with E-state index in [1.165, 1.54) is 17.6 Å². The maximum Gasteiger partial charge on any atom is 0.273 e. The summed E-state index contributed by atoms with van der Waals surface area (Å²) in [5.74, 6) is -0.422. The van der Waals surface area contributed by atoms with Crippen LogP contribution in [0.4, 0.5) is 0 Å². The molecule has 2 aromatic heterocycles. The lowest BCUT2D eigenvalue weighted by molar-refractivity contribution is -0.121. The number of nitrogens with one attached hydrogen (secondary N) is 4. The molecule has 4 rings (SSSR count). The van der Waals surface area contributed by atoms with Crippen LogP contribution in [-0.4, -0.2) is 46.8 Å². The highest BCUT2D eigenvalue weighted by Crippen LogP contribution is 2.23. The van der Waals surface area contributed by atoms with Crippen molar-refractivity contribution in [2.24, 2.45) is 5.92 Å². The van der Waals surface area contributed by atoms with Crippen molar-refractivity contribution in [3.63, 3.8) is 0 Å². The molecule has 4 N–H and O–H groups in total. The van der Waals surface area contributed by atoms with Crippen molar-refractivity contribution in [2.75, 3.05) is 13.1 Å². The van der Waals surface area contributed by atoms with E-state index in [2.05, 4.69) is 45.1 Å². The molecular formula is C26H32N6O4S. The minimum Gasteiger partial charge on any atom is -0.446 e. The van der Waals surface area contributed by atoms with Crippen molar-refractivity contribution < 1.29 is 18.8 Å². The van der Waals surface area contributed by atoms with E-state index >= 15 is 0 Å². The first-order valence-electron chi connectivity index (χ1n) is 12.3. The zero-order chi connectivity index (χ0) is 26.4. The van der Waals surface area contributed by atoms with Gasteiger partial charge in [-0.05, 0) is 31.2 Å². The molecule has 0 spiro atoms. The van der Waals surface area contributed by atoms with Gasteiger partial charge in [-0.25, -0.2) is 9.97 Å². The average Bonchev–Trinajstić information content (AvgIpc) is 3.54. The Labute approximate surface area is 219 Å². The smallest absolute Gasteiger partial charge is 0.273 e. The van der Waals surface area contributed by atoms with Crippen molar-refractivity contribution in [3.8, 4) is 0 Å². The predicted octanol–water partition coefficient (Wildman–Crippen LogP) is 2.77. The third-order valence-corrected chi connectivity index (χ3v) is 6.87. The number of rotatable bonds is 4. The standard InChI is InChI=1S/C26H32N6O4S/c1-15(2)9-18-11-27-12-22(33)30-19(10-17-7-5-4-6-8-17)26-32-21(14-37-26)24(35)28-16(3)25-31-20(13-36-25)23(34)29-18/h4-8,13-16,18-19,27H,9-12H2,1-3H3,(H,28,35)(H,29,34)(H,30,33)/t16-,18-,19-/m1/s1. The summed E-state index contributed by atoms with van der Waals surface area (Å²) in [6.45, 7) is 6.35. The second kappa shape index (κ2) is 12.1. The summed E-state index contributed by atoms with van der Waals surface area (Å²) in [6.07, 6.45) is 2.53. The van der Waals surface area contributed by atoms with Crippen molar-refractivity contribution in [3.05, 3.63) is 69.8 Å². The summed E-state index contributed by atoms with van der Waals surface area (Å²) in [7, 11) is 0. The van der Waals surface area contributed by atoms with Gasteiger partial charge in [0.05, 0.1) is 12.6 Å². The number of fused-ring (bicyclic) bond motifs is 4. The molecule has 0 saturated heterocycles. The molecule has 4 bridgehead atoms. The fraction of sp³-hybridized carbons (Fsp3) is 0.423. The van der Waals surface area contributed by atoms with E-state index in [1.807, 2.05) is 30.3 Å². The highest BCUT2D eigenvalue weighted by Gasteiger charge is 2.25. The molecule has 1 aromatic carbocycles. The summed E-state index contributed by atoms with van der Waals surface area (Å²) in [5.41, 5.74) is 1.40. The number of amides is 3. The maximum absolute atomic E-state index is 12.9. The van der Waals surface area contributed by atoms with Crippen LogP contribution in [0.25, 0.3) is 0 Å². The number of benzene rings is 1. The third-order valence-electron chi connectivity index (χ3n) is 5.91. The molecule has 11 heteroatoms. The van der Waals surface area contributed by atoms with E-state index < -0.39 is 18.0 Å². The molecule has 0 saturated carbocycles. The SMILES string of the molecule is CC(C)C[C@@H]1CNCC(=O)N[C@H](Cc2ccccc2)c2nc(cs2)C(=O)N[C@H](C)c2nc(co2)C(=O)N1. The molecule has 1 aliphatic rings. The zero-order valence-corrected chi connectivity index (χ0v) is 21.9. The monoisotopic (exact) mass is 524 g/mol. The fourth-order valence-electron chi connectivity index (χ4n) is 4.15. The number of hydrogen-bond acceptors (Lipinski definition) is 8. The lowest BCUT2D eigenvalue weighted by Gasteiger charge is -2.21. The van der Waals surface area contributed by atoms with E-state index in [0.717, 1.165) is 12.0 Å². The Hall–Kier alpha value is -3.57. The molecule has 0 fully saturated rings. The molecule has 37 heavy (non-hydrogen) atoms. The van der Waals surface area contributed by atoms with Gasteiger partial charge in [-0.2, -0.15) is 0 Å². The highest BCUT2D eigenvalue weighted by molar-refractivity contribution is 7.09. The van der Waals surface area contributed by atoms with Crippen LogP contribution in [0, 0.1) is 5.92 Å². The third kappa shape index (κ3) is 7.23. The molecule has 0 unspecified atom stereocenters. The minimum atomic E-state index is -0.578. The van der Waals surface area contributed by atoms with Gasteiger partial charge in [0, 0.05) is 18.0 Å². The van der Waals surface area contributed by atoms with Crippen LogP contribution < -0.4 is 21.3 Å². The van der Waals surface area contributed by atoms with Crippen LogP contribution in [0.3, 0.4) is 0 Å². The number of carbonyl (C=O) groups excluding carboxylic acids is 3. The summed E-state index contributed by atoms with van der Waals surface area (Å²) in [4.78, 5) is 47.4. The topological polar surface area (TPSA) is 138 Å². The summed E-state index contributed by atoms with van der Waals surface area (Å²) in [6, 6.07) is 8.61. The van der Waals surface area contributed by atoms with Crippen LogP contribution in [0.5, 0.6) is 0 Å². The molecule has 196 valence electrons. The Bertz CT molecular complexity index is 1220. The van der Waals surface area contributed by atoms with E-state index in [9.17, 15) is 14.4 Å². The number of oxazole rings is 1. The summed E-state index contributed by atoms with van der Waals surface area (Å²) < 4.78 is 5.49. The molecule has 10 nitrogen and oxygen atoms in total. The van der Waals surface area contributed by atoms with Crippen molar-refractivity contribution in [2.45, 2.75) is 51.7 Å². The van der Waals surface area contributed by atoms with Gasteiger partial charge in [0.15, 0.2) is 5.69 Å². The Morgan fingerprint density at radius 1 is 1.03 bits per heavy atom. The van der Waals surface area contributed by atoms with Crippen molar-refractivity contribution in [1.29, 1.82) is 0 Å². The lowest BCUT2D eigenvalue weighted by atomic mass is 10.0. The number of aromatic nitrogens is 2. The molecule has 0 aliphatic carbocycles. The second-order valence-corrected chi connectivity index (χ2v) is 10.5. The van der Waals surface area contributed by atoms with Crippen LogP contribution in [0.1, 0.15) is 76.7 Å². The second-order valence-electron chi connectivity index (χ2n) is 9.58. The Balaban J connectivity index is 1.60. The van der Waals surface area contributed by atoms with E-state index in [1.54, 1.807) is 12.3 Å².